The van der Waals surface area contributed by atoms with E-state index in [1.165, 1.54) is 4.88 Å². The highest BCUT2D eigenvalue weighted by Gasteiger charge is 2.27. The lowest BCUT2D eigenvalue weighted by atomic mass is 10.2. The number of hydrogen-bond donors (Lipinski definition) is 0. The first kappa shape index (κ1) is 12.1. The van der Waals surface area contributed by atoms with Gasteiger partial charge in [-0.25, -0.2) is 0 Å². The second-order valence-corrected chi connectivity index (χ2v) is 5.34. The molecule has 1 atom stereocenters. The first-order valence-corrected chi connectivity index (χ1v) is 6.90. The van der Waals surface area contributed by atoms with Crippen molar-refractivity contribution in [1.82, 2.24) is 4.90 Å². The van der Waals surface area contributed by atoms with E-state index in [-0.39, 0.29) is 11.9 Å². The topological polar surface area (TPSA) is 44.1 Å². The molecule has 0 N–H and O–H groups in total. The monoisotopic (exact) mass is 248 g/mol. The minimum absolute atomic E-state index is 0.144. The number of aryl methyl sites for hydroxylation is 1. The minimum Gasteiger partial charge on any atom is -0.327 e. The Hall–Kier alpha value is -1.34. The average molecular weight is 248 g/mol. The Bertz CT molecular complexity index is 408. The van der Waals surface area contributed by atoms with Crippen molar-refractivity contribution in [3.63, 3.8) is 0 Å². The van der Waals surface area contributed by atoms with Crippen LogP contribution in [-0.2, 0) is 11.2 Å². The highest BCUT2D eigenvalue weighted by Crippen LogP contribution is 2.19. The maximum atomic E-state index is 11.9. The third-order valence-electron chi connectivity index (χ3n) is 3.12. The number of carbonyl (C=O) groups is 1. The second-order valence-electron chi connectivity index (χ2n) is 4.31. The van der Waals surface area contributed by atoms with E-state index in [1.54, 1.807) is 16.2 Å². The standard InChI is InChI=1S/C13H16N2OS/c14-10-11-4-2-8-15(11)13(16)7-1-5-12-6-3-9-17-12/h3,6,9,11H,1-2,4-5,7-8H2. The summed E-state index contributed by atoms with van der Waals surface area (Å²) in [5.74, 6) is 0.144. The summed E-state index contributed by atoms with van der Waals surface area (Å²) in [4.78, 5) is 15.0. The zero-order chi connectivity index (χ0) is 12.1. The molecule has 90 valence electrons. The van der Waals surface area contributed by atoms with E-state index in [9.17, 15) is 4.79 Å². The highest BCUT2D eigenvalue weighted by atomic mass is 32.1. The van der Waals surface area contributed by atoms with E-state index in [4.69, 9.17) is 5.26 Å². The van der Waals surface area contributed by atoms with E-state index >= 15 is 0 Å². The maximum Gasteiger partial charge on any atom is 0.223 e. The molecule has 0 aromatic carbocycles. The van der Waals surface area contributed by atoms with Gasteiger partial charge < -0.3 is 4.90 Å². The van der Waals surface area contributed by atoms with Crippen LogP contribution in [0.5, 0.6) is 0 Å². The van der Waals surface area contributed by atoms with Gasteiger partial charge in [0.05, 0.1) is 6.07 Å². The van der Waals surface area contributed by atoms with Gasteiger partial charge in [0.2, 0.25) is 5.91 Å². The zero-order valence-corrected chi connectivity index (χ0v) is 10.6. The Morgan fingerprint density at radius 2 is 2.53 bits per heavy atom. The van der Waals surface area contributed by atoms with Gasteiger partial charge in [-0.05, 0) is 37.1 Å². The predicted molar refractivity (Wildman–Crippen MR) is 67.6 cm³/mol. The summed E-state index contributed by atoms with van der Waals surface area (Å²) in [6, 6.07) is 6.17. The van der Waals surface area contributed by atoms with Gasteiger partial charge in [-0.3, -0.25) is 4.79 Å². The summed E-state index contributed by atoms with van der Waals surface area (Å²) in [5, 5.41) is 11.0. The van der Waals surface area contributed by atoms with E-state index in [0.717, 1.165) is 32.2 Å². The van der Waals surface area contributed by atoms with Gasteiger partial charge >= 0.3 is 0 Å². The zero-order valence-electron chi connectivity index (χ0n) is 9.76. The predicted octanol–water partition coefficient (Wildman–Crippen LogP) is 2.59. The fraction of sp³-hybridized carbons (Fsp3) is 0.538. The SMILES string of the molecule is N#CC1CCCN1C(=O)CCCc1cccs1. The summed E-state index contributed by atoms with van der Waals surface area (Å²) in [5.41, 5.74) is 0. The Labute approximate surface area is 106 Å². The molecule has 1 fully saturated rings. The van der Waals surface area contributed by atoms with E-state index in [2.05, 4.69) is 17.5 Å². The molecule has 1 aliphatic heterocycles. The Balaban J connectivity index is 1.76. The molecule has 2 rings (SSSR count). The molecule has 4 heteroatoms. The van der Waals surface area contributed by atoms with Crippen molar-refractivity contribution in [3.05, 3.63) is 22.4 Å². The average Bonchev–Trinajstić information content (AvgIpc) is 2.99. The van der Waals surface area contributed by atoms with Crippen molar-refractivity contribution in [2.75, 3.05) is 6.54 Å². The molecular formula is C13H16N2OS. The molecule has 0 bridgehead atoms. The number of amides is 1. The smallest absolute Gasteiger partial charge is 0.223 e. The molecule has 3 nitrogen and oxygen atoms in total. The van der Waals surface area contributed by atoms with Crippen LogP contribution >= 0.6 is 11.3 Å². The van der Waals surface area contributed by atoms with Crippen molar-refractivity contribution in [2.24, 2.45) is 0 Å². The highest BCUT2D eigenvalue weighted by molar-refractivity contribution is 7.09. The second kappa shape index (κ2) is 5.83. The number of nitriles is 1. The molecule has 0 radical (unpaired) electrons. The molecule has 0 saturated carbocycles. The third kappa shape index (κ3) is 3.07. The fourth-order valence-corrected chi connectivity index (χ4v) is 2.96. The number of rotatable bonds is 4. The molecule has 0 spiro atoms. The number of hydrogen-bond acceptors (Lipinski definition) is 3. The maximum absolute atomic E-state index is 11.9. The van der Waals surface area contributed by atoms with Crippen molar-refractivity contribution in [2.45, 2.75) is 38.1 Å². The van der Waals surface area contributed by atoms with Crippen molar-refractivity contribution in [1.29, 1.82) is 5.26 Å². The molecular weight excluding hydrogens is 232 g/mol. The van der Waals surface area contributed by atoms with Gasteiger partial charge in [0.15, 0.2) is 0 Å². The van der Waals surface area contributed by atoms with E-state index in [1.807, 2.05) is 6.07 Å². The van der Waals surface area contributed by atoms with Crippen molar-refractivity contribution < 1.29 is 4.79 Å². The van der Waals surface area contributed by atoms with Gasteiger partial charge in [-0.1, -0.05) is 6.07 Å². The third-order valence-corrected chi connectivity index (χ3v) is 4.05. The molecule has 1 aromatic heterocycles. The summed E-state index contributed by atoms with van der Waals surface area (Å²) in [6.07, 6.45) is 4.22. The summed E-state index contributed by atoms with van der Waals surface area (Å²) in [7, 11) is 0. The van der Waals surface area contributed by atoms with Gasteiger partial charge in [0, 0.05) is 17.8 Å². The fourth-order valence-electron chi connectivity index (χ4n) is 2.21. The van der Waals surface area contributed by atoms with Gasteiger partial charge in [-0.15, -0.1) is 11.3 Å². The van der Waals surface area contributed by atoms with E-state index < -0.39 is 0 Å². The summed E-state index contributed by atoms with van der Waals surface area (Å²) in [6.45, 7) is 0.760. The van der Waals surface area contributed by atoms with Crippen LogP contribution in [0.3, 0.4) is 0 Å². The van der Waals surface area contributed by atoms with Crippen LogP contribution in [0.25, 0.3) is 0 Å². The lowest BCUT2D eigenvalue weighted by Crippen LogP contribution is -2.34. The largest absolute Gasteiger partial charge is 0.327 e. The van der Waals surface area contributed by atoms with Crippen LogP contribution in [0.15, 0.2) is 17.5 Å². The minimum atomic E-state index is -0.177. The molecule has 1 aromatic rings. The number of thiophene rings is 1. The molecule has 1 amide bonds. The lowest BCUT2D eigenvalue weighted by molar-refractivity contribution is -0.131. The molecule has 2 heterocycles. The van der Waals surface area contributed by atoms with Crippen LogP contribution in [0.2, 0.25) is 0 Å². The van der Waals surface area contributed by atoms with Crippen LogP contribution in [0, 0.1) is 11.3 Å². The van der Waals surface area contributed by atoms with Crippen LogP contribution in [0.1, 0.15) is 30.6 Å². The number of nitrogens with zero attached hydrogens (tertiary/aromatic N) is 2. The normalized spacial score (nSPS) is 19.2. The van der Waals surface area contributed by atoms with Gasteiger partial charge in [0.25, 0.3) is 0 Å². The Morgan fingerprint density at radius 1 is 1.65 bits per heavy atom. The van der Waals surface area contributed by atoms with Gasteiger partial charge in [0.1, 0.15) is 6.04 Å². The Kier molecular flexibility index (Phi) is 4.16. The molecule has 17 heavy (non-hydrogen) atoms. The van der Waals surface area contributed by atoms with Crippen molar-refractivity contribution >= 4 is 17.2 Å². The quantitative estimate of drug-likeness (QED) is 0.822. The Morgan fingerprint density at radius 3 is 3.24 bits per heavy atom. The summed E-state index contributed by atoms with van der Waals surface area (Å²) >= 11 is 1.73. The first-order valence-electron chi connectivity index (χ1n) is 6.02. The van der Waals surface area contributed by atoms with Crippen LogP contribution in [0.4, 0.5) is 0 Å². The molecule has 1 saturated heterocycles. The molecule has 1 aliphatic rings. The van der Waals surface area contributed by atoms with Gasteiger partial charge in [-0.2, -0.15) is 5.26 Å². The number of carbonyl (C=O) groups excluding carboxylic acids is 1. The molecule has 0 aliphatic carbocycles. The van der Waals surface area contributed by atoms with Crippen LogP contribution < -0.4 is 0 Å². The number of likely N-dealkylation sites (tertiary alicyclic amines) is 1. The lowest BCUT2D eigenvalue weighted by Gasteiger charge is -2.19. The molecule has 1 unspecified atom stereocenters. The summed E-state index contributed by atoms with van der Waals surface area (Å²) < 4.78 is 0. The first-order chi connectivity index (χ1) is 8.31. The van der Waals surface area contributed by atoms with Crippen molar-refractivity contribution in [3.8, 4) is 6.07 Å². The van der Waals surface area contributed by atoms with Crippen LogP contribution in [-0.4, -0.2) is 23.4 Å². The van der Waals surface area contributed by atoms with E-state index in [0.29, 0.717) is 6.42 Å².